The van der Waals surface area contributed by atoms with Crippen LogP contribution in [0.5, 0.6) is 0 Å². The smallest absolute Gasteiger partial charge is 0.264 e. The summed E-state index contributed by atoms with van der Waals surface area (Å²) in [4.78, 5) is 15.4. The van der Waals surface area contributed by atoms with Crippen molar-refractivity contribution in [3.8, 4) is 0 Å². The SMILES string of the molecule is Cc1ccc(S(=O)(=O)N(CC(=O)N2c3ccccc3C[C@H]2C)c2ccccc2C)cc1. The van der Waals surface area contributed by atoms with Crippen LogP contribution in [0.1, 0.15) is 23.6 Å². The van der Waals surface area contributed by atoms with Crippen LogP contribution in [0.2, 0.25) is 0 Å². The van der Waals surface area contributed by atoms with Crippen molar-refractivity contribution in [3.63, 3.8) is 0 Å². The van der Waals surface area contributed by atoms with Gasteiger partial charge in [0.25, 0.3) is 10.0 Å². The predicted molar refractivity (Wildman–Crippen MR) is 124 cm³/mol. The topological polar surface area (TPSA) is 57.7 Å². The molecule has 0 spiro atoms. The number of benzene rings is 3. The summed E-state index contributed by atoms with van der Waals surface area (Å²) in [7, 11) is -3.93. The van der Waals surface area contributed by atoms with Gasteiger partial charge < -0.3 is 4.90 Å². The molecule has 0 bridgehead atoms. The molecule has 0 aliphatic carbocycles. The van der Waals surface area contributed by atoms with Gasteiger partial charge in [-0.15, -0.1) is 0 Å². The summed E-state index contributed by atoms with van der Waals surface area (Å²) in [5.41, 5.74) is 4.24. The van der Waals surface area contributed by atoms with Crippen LogP contribution in [-0.4, -0.2) is 26.9 Å². The second kappa shape index (κ2) is 8.19. The molecule has 3 aromatic carbocycles. The Morgan fingerprint density at radius 1 is 0.968 bits per heavy atom. The van der Waals surface area contributed by atoms with E-state index in [1.807, 2.05) is 57.2 Å². The third-order valence-corrected chi connectivity index (χ3v) is 7.52. The summed E-state index contributed by atoms with van der Waals surface area (Å²) in [6.45, 7) is 5.49. The van der Waals surface area contributed by atoms with E-state index in [1.165, 1.54) is 4.31 Å². The fourth-order valence-corrected chi connectivity index (χ4v) is 5.60. The van der Waals surface area contributed by atoms with Gasteiger partial charge in [-0.3, -0.25) is 9.10 Å². The summed E-state index contributed by atoms with van der Waals surface area (Å²) < 4.78 is 28.5. The van der Waals surface area contributed by atoms with Crippen molar-refractivity contribution in [2.45, 2.75) is 38.1 Å². The average Bonchev–Trinajstić information content (AvgIpc) is 3.08. The van der Waals surface area contributed by atoms with E-state index >= 15 is 0 Å². The van der Waals surface area contributed by atoms with Crippen LogP contribution in [0.3, 0.4) is 0 Å². The first kappa shape index (κ1) is 21.1. The lowest BCUT2D eigenvalue weighted by molar-refractivity contribution is -0.117. The zero-order chi connectivity index (χ0) is 22.2. The number of hydrogen-bond acceptors (Lipinski definition) is 3. The highest BCUT2D eigenvalue weighted by Gasteiger charge is 2.35. The third kappa shape index (κ3) is 3.95. The Hall–Kier alpha value is -3.12. The molecule has 0 saturated carbocycles. The van der Waals surface area contributed by atoms with Gasteiger partial charge in [0.1, 0.15) is 6.54 Å². The van der Waals surface area contributed by atoms with Crippen LogP contribution in [-0.2, 0) is 21.2 Å². The maximum absolute atomic E-state index is 13.6. The number of carbonyl (C=O) groups excluding carboxylic acids is 1. The lowest BCUT2D eigenvalue weighted by Gasteiger charge is -2.29. The molecule has 4 rings (SSSR count). The molecule has 6 heteroatoms. The first-order chi connectivity index (χ1) is 14.8. The van der Waals surface area contributed by atoms with E-state index in [9.17, 15) is 13.2 Å². The lowest BCUT2D eigenvalue weighted by Crippen LogP contribution is -2.45. The van der Waals surface area contributed by atoms with Gasteiger partial charge in [-0.1, -0.05) is 54.1 Å². The molecule has 1 aliphatic heterocycles. The normalized spacial score (nSPS) is 15.6. The Morgan fingerprint density at radius 2 is 1.61 bits per heavy atom. The molecule has 160 valence electrons. The molecule has 0 saturated heterocycles. The molecule has 31 heavy (non-hydrogen) atoms. The Balaban J connectivity index is 1.75. The zero-order valence-electron chi connectivity index (χ0n) is 17.9. The largest absolute Gasteiger partial charge is 0.307 e. The standard InChI is InChI=1S/C25H26N2O3S/c1-18-12-14-22(15-13-18)31(29,30)26(23-10-6-4-8-19(23)2)17-25(28)27-20(3)16-21-9-5-7-11-24(21)27/h4-15,20H,16-17H2,1-3H3/t20-/m1/s1. The highest BCUT2D eigenvalue weighted by atomic mass is 32.2. The molecule has 0 unspecified atom stereocenters. The lowest BCUT2D eigenvalue weighted by atomic mass is 10.1. The van der Waals surface area contributed by atoms with Gasteiger partial charge in [0.05, 0.1) is 10.6 Å². The molecule has 1 amide bonds. The number of anilines is 2. The quantitative estimate of drug-likeness (QED) is 0.595. The number of amides is 1. The molecule has 1 aliphatic rings. The first-order valence-electron chi connectivity index (χ1n) is 10.3. The van der Waals surface area contributed by atoms with E-state index < -0.39 is 10.0 Å². The minimum Gasteiger partial charge on any atom is -0.307 e. The number of fused-ring (bicyclic) bond motifs is 1. The second-order valence-electron chi connectivity index (χ2n) is 8.06. The number of rotatable bonds is 5. The van der Waals surface area contributed by atoms with E-state index in [0.717, 1.165) is 28.8 Å². The van der Waals surface area contributed by atoms with Gasteiger partial charge in [-0.2, -0.15) is 0 Å². The zero-order valence-corrected chi connectivity index (χ0v) is 18.8. The van der Waals surface area contributed by atoms with Crippen LogP contribution in [0.15, 0.2) is 77.7 Å². The third-order valence-electron chi connectivity index (χ3n) is 5.75. The van der Waals surface area contributed by atoms with E-state index in [4.69, 9.17) is 0 Å². The minimum atomic E-state index is -3.93. The molecular formula is C25H26N2O3S. The number of aryl methyl sites for hydroxylation is 2. The molecule has 0 N–H and O–H groups in total. The van der Waals surface area contributed by atoms with Gasteiger partial charge >= 0.3 is 0 Å². The molecule has 1 atom stereocenters. The van der Waals surface area contributed by atoms with Crippen molar-refractivity contribution >= 4 is 27.3 Å². The molecular weight excluding hydrogens is 408 g/mol. The van der Waals surface area contributed by atoms with Crippen molar-refractivity contribution in [2.24, 2.45) is 0 Å². The van der Waals surface area contributed by atoms with Crippen LogP contribution >= 0.6 is 0 Å². The fraction of sp³-hybridized carbons (Fsp3) is 0.240. The van der Waals surface area contributed by atoms with E-state index in [0.29, 0.717) is 5.69 Å². The minimum absolute atomic E-state index is 0.0225. The summed E-state index contributed by atoms with van der Waals surface area (Å²) in [5.74, 6) is -0.239. The van der Waals surface area contributed by atoms with Crippen LogP contribution in [0.25, 0.3) is 0 Å². The predicted octanol–water partition coefficient (Wildman–Crippen LogP) is 4.48. The van der Waals surface area contributed by atoms with Gasteiger partial charge in [0.15, 0.2) is 0 Å². The Morgan fingerprint density at radius 3 is 2.32 bits per heavy atom. The molecule has 1 heterocycles. The van der Waals surface area contributed by atoms with Crippen molar-refractivity contribution in [1.82, 2.24) is 0 Å². The van der Waals surface area contributed by atoms with E-state index in [2.05, 4.69) is 0 Å². The average molecular weight is 435 g/mol. The highest BCUT2D eigenvalue weighted by molar-refractivity contribution is 7.92. The Bertz CT molecular complexity index is 1220. The van der Waals surface area contributed by atoms with E-state index in [-0.39, 0.29) is 23.4 Å². The molecule has 0 radical (unpaired) electrons. The van der Waals surface area contributed by atoms with Crippen LogP contribution < -0.4 is 9.21 Å². The number of nitrogens with zero attached hydrogens (tertiary/aromatic N) is 2. The Kier molecular flexibility index (Phi) is 5.58. The summed E-state index contributed by atoms with van der Waals surface area (Å²) in [6, 6.07) is 21.7. The van der Waals surface area contributed by atoms with Crippen molar-refractivity contribution in [1.29, 1.82) is 0 Å². The molecule has 3 aromatic rings. The van der Waals surface area contributed by atoms with E-state index in [1.54, 1.807) is 41.3 Å². The Labute approximate surface area is 184 Å². The monoisotopic (exact) mass is 434 g/mol. The van der Waals surface area contributed by atoms with Crippen molar-refractivity contribution in [3.05, 3.63) is 89.5 Å². The summed E-state index contributed by atoms with van der Waals surface area (Å²) in [5, 5.41) is 0. The van der Waals surface area contributed by atoms with Gasteiger partial charge in [-0.05, 0) is 62.6 Å². The number of carbonyl (C=O) groups is 1. The van der Waals surface area contributed by atoms with Gasteiger partial charge in [0.2, 0.25) is 5.91 Å². The second-order valence-corrected chi connectivity index (χ2v) is 9.92. The number of para-hydroxylation sites is 2. The fourth-order valence-electron chi connectivity index (χ4n) is 4.12. The molecule has 5 nitrogen and oxygen atoms in total. The van der Waals surface area contributed by atoms with Gasteiger partial charge in [0, 0.05) is 11.7 Å². The number of hydrogen-bond donors (Lipinski definition) is 0. The molecule has 0 fully saturated rings. The maximum Gasteiger partial charge on any atom is 0.264 e. The van der Waals surface area contributed by atoms with Crippen LogP contribution in [0, 0.1) is 13.8 Å². The van der Waals surface area contributed by atoms with Crippen molar-refractivity contribution < 1.29 is 13.2 Å². The molecule has 0 aromatic heterocycles. The highest BCUT2D eigenvalue weighted by Crippen LogP contribution is 2.33. The van der Waals surface area contributed by atoms with Gasteiger partial charge in [-0.25, -0.2) is 8.42 Å². The van der Waals surface area contributed by atoms with Crippen LogP contribution in [0.4, 0.5) is 11.4 Å². The summed E-state index contributed by atoms with van der Waals surface area (Å²) in [6.07, 6.45) is 0.761. The first-order valence-corrected chi connectivity index (χ1v) is 11.8. The summed E-state index contributed by atoms with van der Waals surface area (Å²) >= 11 is 0. The van der Waals surface area contributed by atoms with Crippen molar-refractivity contribution in [2.75, 3.05) is 15.7 Å². The number of sulfonamides is 1. The maximum atomic E-state index is 13.6.